The van der Waals surface area contributed by atoms with Gasteiger partial charge in [0.05, 0.1) is 12.1 Å². The Morgan fingerprint density at radius 2 is 2.11 bits per heavy atom. The Balaban J connectivity index is 1.84. The second-order valence-electron chi connectivity index (χ2n) is 5.00. The lowest BCUT2D eigenvalue weighted by Gasteiger charge is -2.25. The van der Waals surface area contributed by atoms with Gasteiger partial charge >= 0.3 is 0 Å². The van der Waals surface area contributed by atoms with E-state index in [-0.39, 0.29) is 12.1 Å². The highest BCUT2D eigenvalue weighted by Gasteiger charge is 2.22. The van der Waals surface area contributed by atoms with Gasteiger partial charge in [-0.3, -0.25) is 0 Å². The quantitative estimate of drug-likeness (QED) is 0.919. The number of aromatic nitrogens is 3. The number of hydrogen-bond acceptors (Lipinski definition) is 4. The third-order valence-electron chi connectivity index (χ3n) is 3.21. The third kappa shape index (κ3) is 2.41. The van der Waals surface area contributed by atoms with Gasteiger partial charge in [-0.05, 0) is 38.0 Å². The summed E-state index contributed by atoms with van der Waals surface area (Å²) in [5.74, 6) is 1.75. The molecule has 0 saturated carbocycles. The topological polar surface area (TPSA) is 52.0 Å². The lowest BCUT2D eigenvalue weighted by molar-refractivity contribution is 0.242. The number of hydrogen-bond donors (Lipinski definition) is 1. The summed E-state index contributed by atoms with van der Waals surface area (Å²) in [4.78, 5) is 4.21. The molecule has 5 nitrogen and oxygen atoms in total. The van der Waals surface area contributed by atoms with Gasteiger partial charge in [0.25, 0.3) is 0 Å². The molecule has 1 atom stereocenters. The molecule has 1 aliphatic rings. The number of nitrogens with one attached hydrogen (secondary N) is 1. The predicted octanol–water partition coefficient (Wildman–Crippen LogP) is 2.47. The van der Waals surface area contributed by atoms with Gasteiger partial charge in [-0.15, -0.1) is 0 Å². The van der Waals surface area contributed by atoms with Gasteiger partial charge in [0.15, 0.2) is 0 Å². The zero-order valence-corrected chi connectivity index (χ0v) is 11.2. The lowest BCUT2D eigenvalue weighted by Crippen LogP contribution is -2.24. The van der Waals surface area contributed by atoms with Crippen molar-refractivity contribution in [1.29, 1.82) is 0 Å². The highest BCUT2D eigenvalue weighted by molar-refractivity contribution is 5.34. The van der Waals surface area contributed by atoms with Crippen molar-refractivity contribution in [2.45, 2.75) is 32.4 Å². The molecule has 0 radical (unpaired) electrons. The largest absolute Gasteiger partial charge is 0.491 e. The van der Waals surface area contributed by atoms with Crippen molar-refractivity contribution < 1.29 is 4.74 Å². The molecule has 0 spiro atoms. The molecule has 0 aliphatic carbocycles. The zero-order valence-electron chi connectivity index (χ0n) is 11.2. The molecule has 0 saturated heterocycles. The zero-order chi connectivity index (χ0) is 13.2. The smallest absolute Gasteiger partial charge is 0.221 e. The number of ether oxygens (including phenoxy) is 1. The molecule has 5 heteroatoms. The van der Waals surface area contributed by atoms with Gasteiger partial charge in [0.1, 0.15) is 12.1 Å². The van der Waals surface area contributed by atoms with E-state index < -0.39 is 0 Å². The van der Waals surface area contributed by atoms with Gasteiger partial charge in [-0.25, -0.2) is 4.68 Å². The Labute approximate surface area is 112 Å². The van der Waals surface area contributed by atoms with E-state index >= 15 is 0 Å². The average molecular weight is 258 g/mol. The third-order valence-corrected chi connectivity index (χ3v) is 3.21. The Kier molecular flexibility index (Phi) is 3.11. The van der Waals surface area contributed by atoms with Crippen molar-refractivity contribution in [1.82, 2.24) is 14.8 Å². The first-order valence-corrected chi connectivity index (χ1v) is 6.64. The summed E-state index contributed by atoms with van der Waals surface area (Å²) in [7, 11) is 0. The van der Waals surface area contributed by atoms with Gasteiger partial charge in [-0.2, -0.15) is 10.1 Å². The molecule has 1 aliphatic heterocycles. The van der Waals surface area contributed by atoms with E-state index in [0.717, 1.165) is 24.7 Å². The van der Waals surface area contributed by atoms with Crippen molar-refractivity contribution in [2.24, 2.45) is 0 Å². The van der Waals surface area contributed by atoms with Gasteiger partial charge in [-0.1, -0.05) is 12.1 Å². The van der Waals surface area contributed by atoms with Crippen LogP contribution in [0.3, 0.4) is 0 Å². The highest BCUT2D eigenvalue weighted by atomic mass is 16.5. The van der Waals surface area contributed by atoms with E-state index in [0.29, 0.717) is 0 Å². The van der Waals surface area contributed by atoms with E-state index in [1.54, 1.807) is 6.33 Å². The van der Waals surface area contributed by atoms with Crippen LogP contribution in [0.25, 0.3) is 0 Å². The number of anilines is 1. The van der Waals surface area contributed by atoms with Crippen LogP contribution in [0.5, 0.6) is 5.75 Å². The van der Waals surface area contributed by atoms with E-state index in [9.17, 15) is 0 Å². The normalized spacial score (nSPS) is 17.9. The first-order valence-electron chi connectivity index (χ1n) is 6.64. The van der Waals surface area contributed by atoms with Crippen LogP contribution in [0.2, 0.25) is 0 Å². The van der Waals surface area contributed by atoms with Crippen LogP contribution in [0, 0.1) is 0 Å². The van der Waals surface area contributed by atoms with Crippen LogP contribution < -0.4 is 10.1 Å². The molecule has 1 aromatic heterocycles. The molecule has 19 heavy (non-hydrogen) atoms. The molecule has 1 unspecified atom stereocenters. The molecule has 1 N–H and O–H groups in total. The first kappa shape index (κ1) is 12.0. The monoisotopic (exact) mass is 258 g/mol. The fourth-order valence-electron chi connectivity index (χ4n) is 2.40. The minimum atomic E-state index is 0.201. The van der Waals surface area contributed by atoms with Crippen molar-refractivity contribution in [3.63, 3.8) is 0 Å². The minimum absolute atomic E-state index is 0.201. The molecule has 3 rings (SSSR count). The fourth-order valence-corrected chi connectivity index (χ4v) is 2.40. The van der Waals surface area contributed by atoms with E-state index in [1.165, 1.54) is 5.56 Å². The maximum Gasteiger partial charge on any atom is 0.221 e. The molecule has 100 valence electrons. The maximum absolute atomic E-state index is 5.66. The molecular formula is C14H18N4O. The van der Waals surface area contributed by atoms with E-state index in [2.05, 4.69) is 27.5 Å². The van der Waals surface area contributed by atoms with E-state index in [1.807, 2.05) is 30.7 Å². The summed E-state index contributed by atoms with van der Waals surface area (Å²) in [5.41, 5.74) is 1.24. The predicted molar refractivity (Wildman–Crippen MR) is 73.5 cm³/mol. The molecule has 0 bridgehead atoms. The van der Waals surface area contributed by atoms with Crippen LogP contribution in [-0.4, -0.2) is 27.4 Å². The maximum atomic E-state index is 5.66. The summed E-state index contributed by atoms with van der Waals surface area (Å²) in [6.45, 7) is 4.98. The number of nitrogens with zero attached hydrogens (tertiary/aromatic N) is 3. The fraction of sp³-hybridized carbons (Fsp3) is 0.429. The summed E-state index contributed by atoms with van der Waals surface area (Å²) < 4.78 is 7.61. The van der Waals surface area contributed by atoms with Gasteiger partial charge < -0.3 is 10.1 Å². The molecule has 2 heterocycles. The van der Waals surface area contributed by atoms with Crippen LogP contribution in [-0.2, 0) is 0 Å². The SMILES string of the molecule is CC(C)Oc1ccc(C2CCNc3ncnn32)cc1. The van der Waals surface area contributed by atoms with Crippen molar-refractivity contribution >= 4 is 5.95 Å². The molecule has 2 aromatic rings. The molecule has 0 fully saturated rings. The Bertz CT molecular complexity index is 547. The second kappa shape index (κ2) is 4.91. The Morgan fingerprint density at radius 3 is 2.84 bits per heavy atom. The summed E-state index contributed by atoms with van der Waals surface area (Å²) >= 11 is 0. The summed E-state index contributed by atoms with van der Waals surface area (Å²) in [5, 5.41) is 7.54. The highest BCUT2D eigenvalue weighted by Crippen LogP contribution is 2.28. The molecule has 1 aromatic carbocycles. The standard InChI is InChI=1S/C14H18N4O/c1-10(2)19-12-5-3-11(4-6-12)13-7-8-15-14-16-9-17-18(13)14/h3-6,9-10,13H,7-8H2,1-2H3,(H,15,16,17). The second-order valence-corrected chi connectivity index (χ2v) is 5.00. The van der Waals surface area contributed by atoms with E-state index in [4.69, 9.17) is 4.74 Å². The average Bonchev–Trinajstić information content (AvgIpc) is 2.87. The first-order chi connectivity index (χ1) is 9.24. The van der Waals surface area contributed by atoms with Crippen molar-refractivity contribution in [3.8, 4) is 5.75 Å². The van der Waals surface area contributed by atoms with Crippen LogP contribution >= 0.6 is 0 Å². The minimum Gasteiger partial charge on any atom is -0.491 e. The lowest BCUT2D eigenvalue weighted by atomic mass is 10.0. The van der Waals surface area contributed by atoms with Gasteiger partial charge in [0, 0.05) is 6.54 Å². The van der Waals surface area contributed by atoms with Crippen LogP contribution in [0.1, 0.15) is 31.9 Å². The van der Waals surface area contributed by atoms with Crippen molar-refractivity contribution in [2.75, 3.05) is 11.9 Å². The number of rotatable bonds is 3. The Hall–Kier alpha value is -2.04. The number of fused-ring (bicyclic) bond motifs is 1. The summed E-state index contributed by atoms with van der Waals surface area (Å²) in [6.07, 6.45) is 2.81. The van der Waals surface area contributed by atoms with Gasteiger partial charge in [0.2, 0.25) is 5.95 Å². The summed E-state index contributed by atoms with van der Waals surface area (Å²) in [6, 6.07) is 8.52. The molecule has 0 amide bonds. The Morgan fingerprint density at radius 1 is 1.32 bits per heavy atom. The van der Waals surface area contributed by atoms with Crippen molar-refractivity contribution in [3.05, 3.63) is 36.2 Å². The van der Waals surface area contributed by atoms with Crippen LogP contribution in [0.4, 0.5) is 5.95 Å². The number of benzene rings is 1. The molecular weight excluding hydrogens is 240 g/mol. The van der Waals surface area contributed by atoms with Crippen LogP contribution in [0.15, 0.2) is 30.6 Å².